The van der Waals surface area contributed by atoms with Gasteiger partial charge in [0.25, 0.3) is 5.91 Å². The molecule has 0 bridgehead atoms. The number of carbonyl (C=O) groups excluding carboxylic acids is 1. The molecular weight excluding hydrogens is 479 g/mol. The monoisotopic (exact) mass is 501 g/mol. The Kier molecular flexibility index (Phi) is 5.70. The third-order valence-electron chi connectivity index (χ3n) is 5.18. The minimum atomic E-state index is 0.0967. The molecule has 1 saturated heterocycles. The molecule has 4 rings (SSSR count). The number of likely N-dealkylation sites (tertiary alicyclic amines) is 1. The number of carbonyl (C=O) groups is 1. The van der Waals surface area contributed by atoms with E-state index in [0.29, 0.717) is 35.0 Å². The summed E-state index contributed by atoms with van der Waals surface area (Å²) in [5, 5.41) is 0.688. The molecule has 1 aliphatic heterocycles. The van der Waals surface area contributed by atoms with E-state index in [2.05, 4.69) is 32.6 Å². The predicted molar refractivity (Wildman–Crippen MR) is 122 cm³/mol. The number of benzene rings is 2. The fourth-order valence-corrected chi connectivity index (χ4v) is 4.18. The average molecular weight is 501 g/mol. The van der Waals surface area contributed by atoms with Crippen LogP contribution in [0.25, 0.3) is 10.9 Å². The van der Waals surface area contributed by atoms with Crippen LogP contribution < -0.4 is 16.2 Å². The number of ether oxygens (including phenoxy) is 1. The molecule has 8 heteroatoms. The first-order valence-corrected chi connectivity index (χ1v) is 10.6. The van der Waals surface area contributed by atoms with Gasteiger partial charge in [0.05, 0.1) is 17.5 Å². The van der Waals surface area contributed by atoms with Gasteiger partial charge in [-0.2, -0.15) is 4.98 Å². The van der Waals surface area contributed by atoms with Crippen molar-refractivity contribution in [2.24, 2.45) is 5.92 Å². The van der Waals surface area contributed by atoms with E-state index in [1.165, 1.54) is 0 Å². The molecule has 150 valence electrons. The van der Waals surface area contributed by atoms with Crippen LogP contribution in [0, 0.1) is 9.49 Å². The number of nitrogens with two attached hydrogens (primary N) is 2. The van der Waals surface area contributed by atoms with Gasteiger partial charge < -0.3 is 21.1 Å². The van der Waals surface area contributed by atoms with Crippen LogP contribution in [-0.4, -0.2) is 40.5 Å². The molecule has 3 aromatic rings. The molecule has 2 aromatic carbocycles. The van der Waals surface area contributed by atoms with Crippen LogP contribution in [0.2, 0.25) is 0 Å². The number of anilines is 2. The van der Waals surface area contributed by atoms with Gasteiger partial charge in [0.2, 0.25) is 5.95 Å². The van der Waals surface area contributed by atoms with E-state index in [0.717, 1.165) is 35.1 Å². The zero-order chi connectivity index (χ0) is 20.4. The highest BCUT2D eigenvalue weighted by molar-refractivity contribution is 14.1. The van der Waals surface area contributed by atoms with E-state index in [4.69, 9.17) is 16.2 Å². The topological polar surface area (TPSA) is 107 Å². The lowest BCUT2D eigenvalue weighted by Gasteiger charge is -2.32. The lowest BCUT2D eigenvalue weighted by atomic mass is 9.97. The Morgan fingerprint density at radius 1 is 1.14 bits per heavy atom. The molecule has 4 N–H and O–H groups in total. The molecule has 0 radical (unpaired) electrons. The Hall–Kier alpha value is -2.62. The number of rotatable bonds is 4. The minimum Gasteiger partial charge on any atom is -0.492 e. The van der Waals surface area contributed by atoms with Crippen LogP contribution in [0.3, 0.4) is 0 Å². The lowest BCUT2D eigenvalue weighted by Crippen LogP contribution is -2.39. The van der Waals surface area contributed by atoms with Crippen LogP contribution in [0.5, 0.6) is 5.75 Å². The highest BCUT2D eigenvalue weighted by Gasteiger charge is 2.24. The van der Waals surface area contributed by atoms with Gasteiger partial charge in [-0.25, -0.2) is 4.98 Å². The summed E-state index contributed by atoms with van der Waals surface area (Å²) in [6, 6.07) is 13.3. The van der Waals surface area contributed by atoms with Crippen molar-refractivity contribution in [3.05, 3.63) is 51.6 Å². The molecule has 0 saturated carbocycles. The maximum atomic E-state index is 12.7. The lowest BCUT2D eigenvalue weighted by molar-refractivity contribution is 0.0661. The van der Waals surface area contributed by atoms with Gasteiger partial charge in [-0.05, 0) is 71.7 Å². The van der Waals surface area contributed by atoms with Gasteiger partial charge >= 0.3 is 0 Å². The molecule has 0 atom stereocenters. The largest absolute Gasteiger partial charge is 0.492 e. The Morgan fingerprint density at radius 2 is 1.90 bits per heavy atom. The number of nitrogens with zero attached hydrogens (tertiary/aromatic N) is 3. The summed E-state index contributed by atoms with van der Waals surface area (Å²) < 4.78 is 7.14. The van der Waals surface area contributed by atoms with Gasteiger partial charge in [0, 0.05) is 22.2 Å². The number of nitrogen functional groups attached to an aromatic ring is 2. The van der Waals surface area contributed by atoms with Crippen molar-refractivity contribution >= 4 is 51.2 Å². The van der Waals surface area contributed by atoms with Gasteiger partial charge in [-0.1, -0.05) is 12.1 Å². The molecule has 0 spiro atoms. The van der Waals surface area contributed by atoms with Gasteiger partial charge in [0.15, 0.2) is 0 Å². The van der Waals surface area contributed by atoms with E-state index >= 15 is 0 Å². The number of hydrogen-bond donors (Lipinski definition) is 2. The summed E-state index contributed by atoms with van der Waals surface area (Å²) in [5.41, 5.74) is 13.1. The molecule has 1 amide bonds. The van der Waals surface area contributed by atoms with Crippen LogP contribution in [0.4, 0.5) is 11.8 Å². The molecule has 1 aromatic heterocycles. The van der Waals surface area contributed by atoms with Crippen molar-refractivity contribution in [2.45, 2.75) is 12.8 Å². The first-order chi connectivity index (χ1) is 14.0. The van der Waals surface area contributed by atoms with Crippen molar-refractivity contribution in [2.75, 3.05) is 31.2 Å². The molecule has 7 nitrogen and oxygen atoms in total. The number of amides is 1. The summed E-state index contributed by atoms with van der Waals surface area (Å²) in [5.74, 6) is 1.61. The fourth-order valence-electron chi connectivity index (χ4n) is 3.63. The summed E-state index contributed by atoms with van der Waals surface area (Å²) >= 11 is 2.23. The zero-order valence-electron chi connectivity index (χ0n) is 15.8. The van der Waals surface area contributed by atoms with E-state index in [1.807, 2.05) is 47.4 Å². The molecule has 1 fully saturated rings. The summed E-state index contributed by atoms with van der Waals surface area (Å²) in [4.78, 5) is 22.9. The number of halogens is 1. The van der Waals surface area contributed by atoms with Crippen LogP contribution in [-0.2, 0) is 0 Å². The number of fused-ring (bicyclic) bond motifs is 1. The first-order valence-electron chi connectivity index (χ1n) is 9.50. The molecule has 0 aliphatic carbocycles. The predicted octanol–water partition coefficient (Wildman–Crippen LogP) is 3.33. The van der Waals surface area contributed by atoms with Gasteiger partial charge in [0.1, 0.15) is 11.6 Å². The van der Waals surface area contributed by atoms with E-state index in [9.17, 15) is 4.79 Å². The third-order valence-corrected chi connectivity index (χ3v) is 5.85. The highest BCUT2D eigenvalue weighted by Crippen LogP contribution is 2.30. The SMILES string of the molecule is Nc1nc(N)c2c(OCC3CCN(C(=O)c4cccc([125I])c4)CC3)cccc2n1. The summed E-state index contributed by atoms with van der Waals surface area (Å²) in [7, 11) is 0. The van der Waals surface area contributed by atoms with Crippen molar-refractivity contribution < 1.29 is 9.53 Å². The standard InChI is InChI=1S/C21H22IN5O2/c22-15-4-1-3-14(11-15)20(28)27-9-7-13(8-10-27)12-29-17-6-2-5-16-18(17)19(23)26-21(24)25-16/h1-6,11,13H,7-10,12H2,(H4,23,24,25,26)/i22-2. The molecular formula is C21H22IN5O2. The second-order valence-corrected chi connectivity index (χ2v) is 8.42. The number of aromatic nitrogens is 2. The quantitative estimate of drug-likeness (QED) is 0.532. The van der Waals surface area contributed by atoms with Crippen molar-refractivity contribution in [3.63, 3.8) is 0 Å². The van der Waals surface area contributed by atoms with Crippen LogP contribution in [0.15, 0.2) is 42.5 Å². The molecule has 29 heavy (non-hydrogen) atoms. The van der Waals surface area contributed by atoms with Crippen molar-refractivity contribution in [1.82, 2.24) is 14.9 Å². The van der Waals surface area contributed by atoms with E-state index < -0.39 is 0 Å². The second-order valence-electron chi connectivity index (χ2n) is 7.17. The van der Waals surface area contributed by atoms with Crippen LogP contribution in [0.1, 0.15) is 23.2 Å². The normalized spacial score (nSPS) is 14.9. The Balaban J connectivity index is 1.37. The highest BCUT2D eigenvalue weighted by atomic mass is 125. The number of piperidine rings is 1. The van der Waals surface area contributed by atoms with E-state index in [-0.39, 0.29) is 11.9 Å². The Labute approximate surface area is 182 Å². The zero-order valence-corrected chi connectivity index (χ0v) is 18.0. The fraction of sp³-hybridized carbons (Fsp3) is 0.286. The number of hydrogen-bond acceptors (Lipinski definition) is 6. The molecule has 2 heterocycles. The second kappa shape index (κ2) is 8.40. The van der Waals surface area contributed by atoms with Gasteiger partial charge in [-0.3, -0.25) is 4.79 Å². The van der Waals surface area contributed by atoms with Crippen molar-refractivity contribution in [3.8, 4) is 5.75 Å². The Bertz CT molecular complexity index is 1050. The van der Waals surface area contributed by atoms with Crippen LogP contribution >= 0.6 is 22.6 Å². The van der Waals surface area contributed by atoms with Gasteiger partial charge in [-0.15, -0.1) is 0 Å². The maximum absolute atomic E-state index is 12.7. The Morgan fingerprint density at radius 3 is 2.66 bits per heavy atom. The maximum Gasteiger partial charge on any atom is 0.253 e. The minimum absolute atomic E-state index is 0.0967. The summed E-state index contributed by atoms with van der Waals surface area (Å²) in [6.45, 7) is 2.03. The summed E-state index contributed by atoms with van der Waals surface area (Å²) in [6.07, 6.45) is 1.80. The third kappa shape index (κ3) is 4.36. The smallest absolute Gasteiger partial charge is 0.253 e. The van der Waals surface area contributed by atoms with Crippen molar-refractivity contribution in [1.29, 1.82) is 0 Å². The first kappa shape index (κ1) is 19.7. The molecule has 1 aliphatic rings. The average Bonchev–Trinajstić information content (AvgIpc) is 2.71. The van der Waals surface area contributed by atoms with E-state index in [1.54, 1.807) is 0 Å². The molecule has 0 unspecified atom stereocenters.